The molecule has 0 saturated heterocycles. The summed E-state index contributed by atoms with van der Waals surface area (Å²) in [6.07, 6.45) is 5.98. The minimum atomic E-state index is 0.480. The van der Waals surface area contributed by atoms with E-state index in [4.69, 9.17) is 4.98 Å². The van der Waals surface area contributed by atoms with Crippen molar-refractivity contribution in [2.75, 3.05) is 0 Å². The Morgan fingerprint density at radius 1 is 1.30 bits per heavy atom. The Kier molecular flexibility index (Phi) is 4.90. The van der Waals surface area contributed by atoms with E-state index in [9.17, 15) is 0 Å². The third kappa shape index (κ3) is 3.90. The van der Waals surface area contributed by atoms with Gasteiger partial charge < -0.3 is 5.32 Å². The molecule has 0 aliphatic rings. The summed E-state index contributed by atoms with van der Waals surface area (Å²) in [5, 5.41) is 7.81. The first-order valence-corrected chi connectivity index (χ1v) is 7.33. The molecule has 0 amide bonds. The number of hydrogen-bond donors (Lipinski definition) is 1. The Hall–Kier alpha value is -1.68. The van der Waals surface area contributed by atoms with Crippen molar-refractivity contribution in [2.45, 2.75) is 53.1 Å². The maximum Gasteiger partial charge on any atom is 0.153 e. The van der Waals surface area contributed by atoms with Crippen LogP contribution >= 0.6 is 0 Å². The summed E-state index contributed by atoms with van der Waals surface area (Å²) in [7, 11) is 0. The van der Waals surface area contributed by atoms with Gasteiger partial charge in [-0.2, -0.15) is 5.10 Å². The SMILES string of the molecule is CCCc1cc(CNC(C)C)cc(-n2cc(C)cn2)n1. The van der Waals surface area contributed by atoms with Crippen LogP contribution in [0.25, 0.3) is 5.82 Å². The highest BCUT2D eigenvalue weighted by atomic mass is 15.3. The van der Waals surface area contributed by atoms with Gasteiger partial charge in [0.05, 0.1) is 6.20 Å². The van der Waals surface area contributed by atoms with Gasteiger partial charge in [-0.1, -0.05) is 27.2 Å². The summed E-state index contributed by atoms with van der Waals surface area (Å²) in [5.74, 6) is 0.907. The zero-order chi connectivity index (χ0) is 14.5. The van der Waals surface area contributed by atoms with Crippen LogP contribution in [0.1, 0.15) is 44.0 Å². The van der Waals surface area contributed by atoms with Gasteiger partial charge in [0.1, 0.15) is 0 Å². The Bertz CT molecular complexity index is 557. The zero-order valence-electron chi connectivity index (χ0n) is 12.8. The van der Waals surface area contributed by atoms with Gasteiger partial charge >= 0.3 is 0 Å². The van der Waals surface area contributed by atoms with Crippen molar-refractivity contribution in [3.05, 3.63) is 41.3 Å². The maximum atomic E-state index is 4.71. The molecule has 0 aromatic carbocycles. The van der Waals surface area contributed by atoms with Crippen LogP contribution in [0.2, 0.25) is 0 Å². The highest BCUT2D eigenvalue weighted by molar-refractivity contribution is 5.31. The summed E-state index contributed by atoms with van der Waals surface area (Å²) < 4.78 is 1.85. The molecule has 1 N–H and O–H groups in total. The Balaban J connectivity index is 2.30. The van der Waals surface area contributed by atoms with Crippen molar-refractivity contribution in [1.29, 1.82) is 0 Å². The predicted octanol–water partition coefficient (Wildman–Crippen LogP) is 3.03. The van der Waals surface area contributed by atoms with Crippen molar-refractivity contribution in [1.82, 2.24) is 20.1 Å². The van der Waals surface area contributed by atoms with E-state index in [2.05, 4.69) is 43.3 Å². The normalized spacial score (nSPS) is 11.2. The molecule has 2 aromatic heterocycles. The van der Waals surface area contributed by atoms with E-state index in [1.54, 1.807) is 0 Å². The average molecular weight is 272 g/mol. The summed E-state index contributed by atoms with van der Waals surface area (Å²) in [4.78, 5) is 4.71. The molecule has 0 radical (unpaired) electrons. The molecular weight excluding hydrogens is 248 g/mol. The van der Waals surface area contributed by atoms with Gasteiger partial charge in [0, 0.05) is 24.5 Å². The average Bonchev–Trinajstić information content (AvgIpc) is 2.83. The number of hydrogen-bond acceptors (Lipinski definition) is 3. The monoisotopic (exact) mass is 272 g/mol. The number of pyridine rings is 1. The van der Waals surface area contributed by atoms with Crippen molar-refractivity contribution in [3.8, 4) is 5.82 Å². The van der Waals surface area contributed by atoms with Crippen LogP contribution in [0.5, 0.6) is 0 Å². The topological polar surface area (TPSA) is 42.7 Å². The molecule has 20 heavy (non-hydrogen) atoms. The molecule has 2 aromatic rings. The summed E-state index contributed by atoms with van der Waals surface area (Å²) in [5.41, 5.74) is 3.55. The Morgan fingerprint density at radius 3 is 2.70 bits per heavy atom. The molecule has 0 aliphatic heterocycles. The lowest BCUT2D eigenvalue weighted by atomic mass is 10.1. The molecule has 0 fully saturated rings. The Labute approximate surface area is 121 Å². The van der Waals surface area contributed by atoms with E-state index >= 15 is 0 Å². The van der Waals surface area contributed by atoms with Gasteiger partial charge in [0.25, 0.3) is 0 Å². The summed E-state index contributed by atoms with van der Waals surface area (Å²) in [6.45, 7) is 9.40. The van der Waals surface area contributed by atoms with Crippen LogP contribution in [0.4, 0.5) is 0 Å². The van der Waals surface area contributed by atoms with Crippen molar-refractivity contribution >= 4 is 0 Å². The largest absolute Gasteiger partial charge is 0.310 e. The van der Waals surface area contributed by atoms with Crippen molar-refractivity contribution in [3.63, 3.8) is 0 Å². The number of aryl methyl sites for hydroxylation is 2. The molecular formula is C16H24N4. The van der Waals surface area contributed by atoms with Gasteiger partial charge in [-0.25, -0.2) is 9.67 Å². The van der Waals surface area contributed by atoms with Crippen LogP contribution in [0, 0.1) is 6.92 Å². The lowest BCUT2D eigenvalue weighted by Gasteiger charge is -2.11. The van der Waals surface area contributed by atoms with Crippen LogP contribution in [-0.2, 0) is 13.0 Å². The lowest BCUT2D eigenvalue weighted by molar-refractivity contribution is 0.587. The molecule has 108 valence electrons. The Morgan fingerprint density at radius 2 is 2.10 bits per heavy atom. The van der Waals surface area contributed by atoms with E-state index in [1.165, 1.54) is 5.56 Å². The van der Waals surface area contributed by atoms with E-state index in [0.717, 1.165) is 36.5 Å². The summed E-state index contributed by atoms with van der Waals surface area (Å²) >= 11 is 0. The minimum Gasteiger partial charge on any atom is -0.310 e. The molecule has 0 bridgehead atoms. The maximum absolute atomic E-state index is 4.71. The van der Waals surface area contributed by atoms with Crippen molar-refractivity contribution in [2.24, 2.45) is 0 Å². The molecule has 0 atom stereocenters. The number of nitrogens with one attached hydrogen (secondary N) is 1. The molecule has 0 aliphatic carbocycles. The van der Waals surface area contributed by atoms with Gasteiger partial charge in [0.15, 0.2) is 5.82 Å². The quantitative estimate of drug-likeness (QED) is 0.879. The fourth-order valence-corrected chi connectivity index (χ4v) is 2.10. The first-order chi connectivity index (χ1) is 9.58. The zero-order valence-corrected chi connectivity index (χ0v) is 12.8. The van der Waals surface area contributed by atoms with Crippen LogP contribution in [0.15, 0.2) is 24.5 Å². The summed E-state index contributed by atoms with van der Waals surface area (Å²) in [6, 6.07) is 4.79. The standard InChI is InChI=1S/C16H24N4/c1-5-6-15-7-14(10-17-12(2)3)8-16(19-15)20-11-13(4)9-18-20/h7-9,11-12,17H,5-6,10H2,1-4H3. The van der Waals surface area contributed by atoms with Crippen LogP contribution in [0.3, 0.4) is 0 Å². The minimum absolute atomic E-state index is 0.480. The second-order valence-electron chi connectivity index (χ2n) is 5.57. The molecule has 4 heteroatoms. The molecule has 4 nitrogen and oxygen atoms in total. The fraction of sp³-hybridized carbons (Fsp3) is 0.500. The van der Waals surface area contributed by atoms with E-state index in [1.807, 2.05) is 24.0 Å². The second kappa shape index (κ2) is 6.66. The fourth-order valence-electron chi connectivity index (χ4n) is 2.10. The van der Waals surface area contributed by atoms with Gasteiger partial charge in [-0.3, -0.25) is 0 Å². The van der Waals surface area contributed by atoms with Gasteiger partial charge in [-0.15, -0.1) is 0 Å². The highest BCUT2D eigenvalue weighted by Gasteiger charge is 2.06. The molecule has 0 saturated carbocycles. The lowest BCUT2D eigenvalue weighted by Crippen LogP contribution is -2.22. The number of aromatic nitrogens is 3. The molecule has 0 spiro atoms. The number of rotatable bonds is 6. The van der Waals surface area contributed by atoms with Crippen molar-refractivity contribution < 1.29 is 0 Å². The molecule has 0 unspecified atom stereocenters. The first-order valence-electron chi connectivity index (χ1n) is 7.33. The predicted molar refractivity (Wildman–Crippen MR) is 82.1 cm³/mol. The first kappa shape index (κ1) is 14.7. The highest BCUT2D eigenvalue weighted by Crippen LogP contribution is 2.12. The smallest absolute Gasteiger partial charge is 0.153 e. The third-order valence-corrected chi connectivity index (χ3v) is 3.09. The molecule has 2 rings (SSSR count). The van der Waals surface area contributed by atoms with Gasteiger partial charge in [-0.05, 0) is 36.6 Å². The molecule has 2 heterocycles. The third-order valence-electron chi connectivity index (χ3n) is 3.09. The van der Waals surface area contributed by atoms with E-state index in [-0.39, 0.29) is 0 Å². The second-order valence-corrected chi connectivity index (χ2v) is 5.57. The van der Waals surface area contributed by atoms with E-state index in [0.29, 0.717) is 6.04 Å². The van der Waals surface area contributed by atoms with Crippen LogP contribution in [-0.4, -0.2) is 20.8 Å². The van der Waals surface area contributed by atoms with Gasteiger partial charge in [0.2, 0.25) is 0 Å². The number of nitrogens with zero attached hydrogens (tertiary/aromatic N) is 3. The van der Waals surface area contributed by atoms with Crippen LogP contribution < -0.4 is 5.32 Å². The van der Waals surface area contributed by atoms with E-state index < -0.39 is 0 Å².